The number of nitrogens with zero attached hydrogens (tertiary/aromatic N) is 3. The maximum absolute atomic E-state index is 5.90. The van der Waals surface area contributed by atoms with Gasteiger partial charge in [0.15, 0.2) is 0 Å². The molecule has 1 heterocycles. The van der Waals surface area contributed by atoms with E-state index in [0.29, 0.717) is 16.6 Å². The monoisotopic (exact) mass is 260 g/mol. The van der Waals surface area contributed by atoms with Crippen LogP contribution in [-0.4, -0.2) is 34.2 Å². The Bertz CT molecular complexity index is 335. The number of halogens is 1. The molecule has 1 aliphatic rings. The second-order valence-electron chi connectivity index (χ2n) is 4.43. The molecular weight excluding hydrogens is 244 g/mol. The minimum Gasteiger partial charge on any atom is -0.328 e. The van der Waals surface area contributed by atoms with Crippen molar-refractivity contribution in [1.29, 1.82) is 0 Å². The summed E-state index contributed by atoms with van der Waals surface area (Å²) >= 11 is 7.22. The van der Waals surface area contributed by atoms with E-state index < -0.39 is 0 Å². The van der Waals surface area contributed by atoms with Crippen molar-refractivity contribution in [2.24, 2.45) is 5.73 Å². The topological polar surface area (TPSA) is 55.0 Å². The van der Waals surface area contributed by atoms with E-state index in [9.17, 15) is 0 Å². The lowest BCUT2D eigenvalue weighted by Crippen LogP contribution is -2.38. The van der Waals surface area contributed by atoms with Crippen molar-refractivity contribution in [3.8, 4) is 0 Å². The number of hydrogen-bond donors (Lipinski definition) is 1. The molecule has 1 aromatic rings. The summed E-state index contributed by atoms with van der Waals surface area (Å²) in [7, 11) is 2.14. The Morgan fingerprint density at radius 2 is 2.06 bits per heavy atom. The normalized spacial score (nSPS) is 26.2. The minimum atomic E-state index is 0.403. The Labute approximate surface area is 105 Å². The van der Waals surface area contributed by atoms with E-state index in [1.54, 1.807) is 0 Å². The van der Waals surface area contributed by atoms with Gasteiger partial charge in [-0.05, 0) is 44.3 Å². The van der Waals surface area contributed by atoms with Crippen LogP contribution in [0.1, 0.15) is 30.7 Å². The van der Waals surface area contributed by atoms with Crippen molar-refractivity contribution in [2.75, 3.05) is 7.05 Å². The lowest BCUT2D eigenvalue weighted by Gasteiger charge is -2.32. The molecule has 0 aliphatic heterocycles. The SMILES string of the molecule is CN(Cc1nnc(Cl)s1)C1CCC(N)CC1. The Balaban J connectivity index is 1.85. The molecule has 2 N–H and O–H groups in total. The highest BCUT2D eigenvalue weighted by Crippen LogP contribution is 2.23. The molecule has 0 bridgehead atoms. The first-order chi connectivity index (χ1) is 7.65. The third-order valence-corrected chi connectivity index (χ3v) is 4.20. The Morgan fingerprint density at radius 1 is 1.38 bits per heavy atom. The van der Waals surface area contributed by atoms with Crippen LogP contribution in [0.5, 0.6) is 0 Å². The van der Waals surface area contributed by atoms with Crippen molar-refractivity contribution in [3.05, 3.63) is 9.47 Å². The molecule has 16 heavy (non-hydrogen) atoms. The van der Waals surface area contributed by atoms with Crippen LogP contribution in [0.25, 0.3) is 0 Å². The van der Waals surface area contributed by atoms with Gasteiger partial charge in [0, 0.05) is 12.1 Å². The van der Waals surface area contributed by atoms with Gasteiger partial charge in [-0.25, -0.2) is 0 Å². The predicted molar refractivity (Wildman–Crippen MR) is 66.6 cm³/mol. The van der Waals surface area contributed by atoms with Gasteiger partial charge in [0.2, 0.25) is 4.47 Å². The summed E-state index contributed by atoms with van der Waals surface area (Å²) in [5, 5.41) is 8.84. The van der Waals surface area contributed by atoms with E-state index in [1.165, 1.54) is 24.2 Å². The fourth-order valence-corrected chi connectivity index (χ4v) is 3.11. The van der Waals surface area contributed by atoms with E-state index in [1.807, 2.05) is 0 Å². The Morgan fingerprint density at radius 3 is 2.62 bits per heavy atom. The van der Waals surface area contributed by atoms with Crippen molar-refractivity contribution < 1.29 is 0 Å². The zero-order valence-electron chi connectivity index (χ0n) is 9.40. The molecule has 0 atom stereocenters. The van der Waals surface area contributed by atoms with Gasteiger partial charge in [-0.15, -0.1) is 10.2 Å². The first kappa shape index (κ1) is 12.2. The van der Waals surface area contributed by atoms with Crippen molar-refractivity contribution in [1.82, 2.24) is 15.1 Å². The summed E-state index contributed by atoms with van der Waals surface area (Å²) in [5.41, 5.74) is 5.90. The van der Waals surface area contributed by atoms with Crippen LogP contribution in [0.15, 0.2) is 0 Å². The molecule has 1 saturated carbocycles. The fourth-order valence-electron chi connectivity index (χ4n) is 2.18. The highest BCUT2D eigenvalue weighted by molar-refractivity contribution is 7.15. The third-order valence-electron chi connectivity index (χ3n) is 3.19. The molecular formula is C10H17ClN4S. The molecule has 6 heteroatoms. The van der Waals surface area contributed by atoms with Gasteiger partial charge >= 0.3 is 0 Å². The summed E-state index contributed by atoms with van der Waals surface area (Å²) in [5.74, 6) is 0. The van der Waals surface area contributed by atoms with Crippen LogP contribution in [-0.2, 0) is 6.54 Å². The van der Waals surface area contributed by atoms with E-state index in [4.69, 9.17) is 17.3 Å². The fraction of sp³-hybridized carbons (Fsp3) is 0.800. The van der Waals surface area contributed by atoms with Crippen LogP contribution < -0.4 is 5.73 Å². The molecule has 4 nitrogen and oxygen atoms in total. The third kappa shape index (κ3) is 3.13. The number of nitrogens with two attached hydrogens (primary N) is 1. The first-order valence-electron chi connectivity index (χ1n) is 5.59. The van der Waals surface area contributed by atoms with E-state index in [-0.39, 0.29) is 0 Å². The molecule has 0 saturated heterocycles. The first-order valence-corrected chi connectivity index (χ1v) is 6.78. The lowest BCUT2D eigenvalue weighted by molar-refractivity contribution is 0.176. The zero-order valence-corrected chi connectivity index (χ0v) is 11.0. The summed E-state index contributed by atoms with van der Waals surface area (Å²) in [6.45, 7) is 0.838. The van der Waals surface area contributed by atoms with E-state index >= 15 is 0 Å². The van der Waals surface area contributed by atoms with Crippen molar-refractivity contribution in [3.63, 3.8) is 0 Å². The van der Waals surface area contributed by atoms with Gasteiger partial charge in [0.05, 0.1) is 6.54 Å². The summed E-state index contributed by atoms with van der Waals surface area (Å²) in [6, 6.07) is 1.03. The van der Waals surface area contributed by atoms with Gasteiger partial charge in [0.25, 0.3) is 0 Å². The number of rotatable bonds is 3. The van der Waals surface area contributed by atoms with Gasteiger partial charge in [-0.1, -0.05) is 11.3 Å². The maximum Gasteiger partial charge on any atom is 0.207 e. The molecule has 0 radical (unpaired) electrons. The highest BCUT2D eigenvalue weighted by atomic mass is 35.5. The largest absolute Gasteiger partial charge is 0.328 e. The van der Waals surface area contributed by atoms with Gasteiger partial charge in [-0.3, -0.25) is 4.90 Å². The van der Waals surface area contributed by atoms with Crippen LogP contribution in [0.4, 0.5) is 0 Å². The number of hydrogen-bond acceptors (Lipinski definition) is 5. The number of aromatic nitrogens is 2. The summed E-state index contributed by atoms with van der Waals surface area (Å²) in [4.78, 5) is 2.34. The molecule has 90 valence electrons. The standard InChI is InChI=1S/C10H17ClN4S/c1-15(6-9-13-14-10(11)16-9)8-4-2-7(12)3-5-8/h7-8H,2-6,12H2,1H3. The molecule has 0 unspecified atom stereocenters. The van der Waals surface area contributed by atoms with Gasteiger partial charge in [0.1, 0.15) is 5.01 Å². The average Bonchev–Trinajstić information content (AvgIpc) is 2.65. The smallest absolute Gasteiger partial charge is 0.207 e. The predicted octanol–water partition coefficient (Wildman–Crippen LogP) is 1.89. The van der Waals surface area contributed by atoms with E-state index in [0.717, 1.165) is 24.4 Å². The molecule has 1 aromatic heterocycles. The quantitative estimate of drug-likeness (QED) is 0.902. The van der Waals surface area contributed by atoms with Crippen molar-refractivity contribution >= 4 is 22.9 Å². The molecule has 0 spiro atoms. The molecule has 0 aromatic carbocycles. The Kier molecular flexibility index (Phi) is 4.13. The van der Waals surface area contributed by atoms with Crippen LogP contribution in [0, 0.1) is 0 Å². The van der Waals surface area contributed by atoms with E-state index in [2.05, 4.69) is 22.1 Å². The zero-order chi connectivity index (χ0) is 11.5. The molecule has 0 amide bonds. The van der Waals surface area contributed by atoms with Gasteiger partial charge in [-0.2, -0.15) is 0 Å². The second kappa shape index (κ2) is 5.40. The molecule has 1 aliphatic carbocycles. The van der Waals surface area contributed by atoms with Crippen molar-refractivity contribution in [2.45, 2.75) is 44.3 Å². The summed E-state index contributed by atoms with van der Waals surface area (Å²) in [6.07, 6.45) is 4.63. The second-order valence-corrected chi connectivity index (χ2v) is 6.08. The minimum absolute atomic E-state index is 0.403. The lowest BCUT2D eigenvalue weighted by atomic mass is 9.91. The van der Waals surface area contributed by atoms with Gasteiger partial charge < -0.3 is 5.73 Å². The highest BCUT2D eigenvalue weighted by Gasteiger charge is 2.22. The summed E-state index contributed by atoms with van der Waals surface area (Å²) < 4.78 is 0.522. The average molecular weight is 261 g/mol. The Hall–Kier alpha value is -0.230. The maximum atomic E-state index is 5.90. The van der Waals surface area contributed by atoms with Crippen LogP contribution in [0.2, 0.25) is 4.47 Å². The van der Waals surface area contributed by atoms with Crippen LogP contribution >= 0.6 is 22.9 Å². The molecule has 1 fully saturated rings. The van der Waals surface area contributed by atoms with Crippen LogP contribution in [0.3, 0.4) is 0 Å². The molecule has 2 rings (SSSR count).